The van der Waals surface area contributed by atoms with Gasteiger partial charge in [-0.2, -0.15) is 0 Å². The molecule has 0 aliphatic carbocycles. The minimum Gasteiger partial charge on any atom is -0.305 e. The summed E-state index contributed by atoms with van der Waals surface area (Å²) in [5, 5.41) is 0.676. The van der Waals surface area contributed by atoms with Crippen molar-refractivity contribution < 1.29 is 14.4 Å². The molecular formula is C29H27ClN2O3. The molecule has 2 aliphatic rings. The molecule has 2 heterocycles. The highest BCUT2D eigenvalue weighted by Crippen LogP contribution is 2.51. The van der Waals surface area contributed by atoms with E-state index in [1.54, 1.807) is 29.2 Å². The van der Waals surface area contributed by atoms with Crippen LogP contribution in [-0.2, 0) is 10.2 Å². The average Bonchev–Trinajstić information content (AvgIpc) is 3.04. The van der Waals surface area contributed by atoms with Crippen molar-refractivity contribution in [2.24, 2.45) is 0 Å². The third-order valence-electron chi connectivity index (χ3n) is 7.28. The fourth-order valence-electron chi connectivity index (χ4n) is 5.79. The first-order valence-electron chi connectivity index (χ1n) is 11.7. The Hall–Kier alpha value is -3.44. The van der Waals surface area contributed by atoms with Gasteiger partial charge in [0.15, 0.2) is 0 Å². The van der Waals surface area contributed by atoms with Gasteiger partial charge in [-0.1, -0.05) is 60.5 Å². The van der Waals surface area contributed by atoms with E-state index in [0.29, 0.717) is 22.6 Å². The molecule has 0 spiro atoms. The number of benzene rings is 3. The van der Waals surface area contributed by atoms with Crippen LogP contribution in [0.3, 0.4) is 0 Å². The largest absolute Gasteiger partial charge is 0.305 e. The number of fused-ring (bicyclic) bond motifs is 2. The number of carbonyl (C=O) groups is 3. The van der Waals surface area contributed by atoms with Gasteiger partial charge in [0.2, 0.25) is 5.91 Å². The van der Waals surface area contributed by atoms with E-state index in [0.717, 1.165) is 27.3 Å². The Kier molecular flexibility index (Phi) is 5.37. The minimum absolute atomic E-state index is 0.284. The Morgan fingerprint density at radius 1 is 0.914 bits per heavy atom. The van der Waals surface area contributed by atoms with Crippen LogP contribution < -0.4 is 4.90 Å². The Labute approximate surface area is 210 Å². The monoisotopic (exact) mass is 486 g/mol. The number of halogens is 1. The number of nitrogens with zero attached hydrogens (tertiary/aromatic N) is 2. The molecule has 1 atom stereocenters. The van der Waals surface area contributed by atoms with Gasteiger partial charge >= 0.3 is 0 Å². The molecule has 0 saturated heterocycles. The molecule has 5 nitrogen and oxygen atoms in total. The van der Waals surface area contributed by atoms with E-state index >= 15 is 0 Å². The molecule has 0 aromatic heterocycles. The van der Waals surface area contributed by atoms with Crippen molar-refractivity contribution in [3.05, 3.63) is 99.6 Å². The SMILES string of the molecule is Cc1ccc2c(c1)C(C)(c1ccc(Cl)cc1)CC(C)(C)N2C(=O)CN1C(=O)c2ccccc2C1=O. The van der Waals surface area contributed by atoms with Gasteiger partial charge in [0.25, 0.3) is 11.8 Å². The van der Waals surface area contributed by atoms with E-state index in [4.69, 9.17) is 11.6 Å². The molecule has 3 aromatic carbocycles. The van der Waals surface area contributed by atoms with Crippen LogP contribution in [0.5, 0.6) is 0 Å². The maximum absolute atomic E-state index is 13.8. The van der Waals surface area contributed by atoms with Crippen molar-refractivity contribution in [1.29, 1.82) is 0 Å². The maximum atomic E-state index is 13.8. The van der Waals surface area contributed by atoms with Crippen molar-refractivity contribution in [3.63, 3.8) is 0 Å². The minimum atomic E-state index is -0.577. The lowest BCUT2D eigenvalue weighted by Gasteiger charge is -2.51. The normalized spacial score (nSPS) is 20.6. The van der Waals surface area contributed by atoms with Crippen LogP contribution in [-0.4, -0.2) is 34.7 Å². The van der Waals surface area contributed by atoms with E-state index in [9.17, 15) is 14.4 Å². The van der Waals surface area contributed by atoms with Crippen molar-refractivity contribution in [1.82, 2.24) is 4.90 Å². The number of carbonyl (C=O) groups excluding carboxylic acids is 3. The zero-order valence-electron chi connectivity index (χ0n) is 20.3. The quantitative estimate of drug-likeness (QED) is 0.442. The first-order chi connectivity index (χ1) is 16.5. The summed E-state index contributed by atoms with van der Waals surface area (Å²) in [5.41, 5.74) is 3.80. The molecule has 3 amide bonds. The number of imide groups is 1. The number of aryl methyl sites for hydroxylation is 1. The summed E-state index contributed by atoms with van der Waals surface area (Å²) in [5.74, 6) is -1.14. The second-order valence-electron chi connectivity index (χ2n) is 10.3. The molecule has 178 valence electrons. The third kappa shape index (κ3) is 3.66. The summed E-state index contributed by atoms with van der Waals surface area (Å²) in [6, 6.07) is 20.7. The highest BCUT2D eigenvalue weighted by Gasteiger charge is 2.49. The van der Waals surface area contributed by atoms with E-state index < -0.39 is 17.4 Å². The van der Waals surface area contributed by atoms with Crippen LogP contribution in [0.15, 0.2) is 66.7 Å². The standard InChI is InChI=1S/C29H27ClN2O3/c1-18-9-14-24-23(15-18)29(4,19-10-12-20(30)13-11-19)17-28(2,3)32(24)25(33)16-31-26(34)21-7-5-6-8-22(21)27(31)35/h5-15H,16-17H2,1-4H3. The van der Waals surface area contributed by atoms with Gasteiger partial charge in [0, 0.05) is 21.7 Å². The van der Waals surface area contributed by atoms with E-state index in [-0.39, 0.29) is 17.9 Å². The Morgan fingerprint density at radius 2 is 1.51 bits per heavy atom. The molecule has 0 bridgehead atoms. The summed E-state index contributed by atoms with van der Waals surface area (Å²) < 4.78 is 0. The number of anilines is 1. The first-order valence-corrected chi connectivity index (χ1v) is 12.1. The number of amides is 3. The van der Waals surface area contributed by atoms with Gasteiger partial charge < -0.3 is 4.90 Å². The van der Waals surface area contributed by atoms with Gasteiger partial charge in [0.1, 0.15) is 6.54 Å². The zero-order valence-corrected chi connectivity index (χ0v) is 21.0. The Morgan fingerprint density at radius 3 is 2.11 bits per heavy atom. The molecular weight excluding hydrogens is 460 g/mol. The molecule has 0 saturated carbocycles. The summed E-state index contributed by atoms with van der Waals surface area (Å²) in [6.07, 6.45) is 0.659. The molecule has 6 heteroatoms. The first kappa shape index (κ1) is 23.3. The molecule has 0 radical (unpaired) electrons. The van der Waals surface area contributed by atoms with E-state index in [2.05, 4.69) is 13.0 Å². The van der Waals surface area contributed by atoms with Crippen molar-refractivity contribution in [2.45, 2.75) is 45.1 Å². The van der Waals surface area contributed by atoms with Gasteiger partial charge in [-0.25, -0.2) is 0 Å². The van der Waals surface area contributed by atoms with E-state index in [1.165, 1.54) is 0 Å². The van der Waals surface area contributed by atoms with Crippen LogP contribution in [0.2, 0.25) is 5.02 Å². The highest BCUT2D eigenvalue weighted by molar-refractivity contribution is 6.30. The second kappa shape index (κ2) is 8.06. The topological polar surface area (TPSA) is 57.7 Å². The fourth-order valence-corrected chi connectivity index (χ4v) is 5.91. The predicted molar refractivity (Wildman–Crippen MR) is 137 cm³/mol. The Balaban J connectivity index is 1.56. The van der Waals surface area contributed by atoms with Crippen LogP contribution in [0.4, 0.5) is 5.69 Å². The number of hydrogen-bond donors (Lipinski definition) is 0. The number of hydrogen-bond acceptors (Lipinski definition) is 3. The zero-order chi connectivity index (χ0) is 25.1. The van der Waals surface area contributed by atoms with E-state index in [1.807, 2.05) is 57.2 Å². The smallest absolute Gasteiger partial charge is 0.262 e. The van der Waals surface area contributed by atoms with Gasteiger partial charge in [-0.15, -0.1) is 0 Å². The lowest BCUT2D eigenvalue weighted by Crippen LogP contribution is -2.58. The highest BCUT2D eigenvalue weighted by atomic mass is 35.5. The molecule has 0 fully saturated rings. The van der Waals surface area contributed by atoms with Crippen LogP contribution >= 0.6 is 11.6 Å². The van der Waals surface area contributed by atoms with Crippen molar-refractivity contribution in [2.75, 3.05) is 11.4 Å². The molecule has 3 aromatic rings. The molecule has 1 unspecified atom stereocenters. The predicted octanol–water partition coefficient (Wildman–Crippen LogP) is 5.77. The van der Waals surface area contributed by atoms with Gasteiger partial charge in [-0.05, 0) is 68.7 Å². The second-order valence-corrected chi connectivity index (χ2v) is 10.8. The Bertz CT molecular complexity index is 1340. The van der Waals surface area contributed by atoms with Crippen LogP contribution in [0.25, 0.3) is 0 Å². The summed E-state index contributed by atoms with van der Waals surface area (Å²) in [4.78, 5) is 42.5. The molecule has 0 N–H and O–H groups in total. The van der Waals surface area contributed by atoms with Gasteiger partial charge in [0.05, 0.1) is 11.1 Å². The number of rotatable bonds is 3. The molecule has 5 rings (SSSR count). The van der Waals surface area contributed by atoms with Crippen LogP contribution in [0, 0.1) is 6.92 Å². The lowest BCUT2D eigenvalue weighted by molar-refractivity contribution is -0.120. The summed E-state index contributed by atoms with van der Waals surface area (Å²) in [6.45, 7) is 7.99. The van der Waals surface area contributed by atoms with Crippen molar-refractivity contribution >= 4 is 35.0 Å². The third-order valence-corrected chi connectivity index (χ3v) is 7.53. The molecule has 2 aliphatic heterocycles. The van der Waals surface area contributed by atoms with Crippen LogP contribution in [0.1, 0.15) is 64.6 Å². The lowest BCUT2D eigenvalue weighted by atomic mass is 9.65. The summed E-state index contributed by atoms with van der Waals surface area (Å²) >= 11 is 6.17. The molecule has 35 heavy (non-hydrogen) atoms. The van der Waals surface area contributed by atoms with Gasteiger partial charge in [-0.3, -0.25) is 19.3 Å². The average molecular weight is 487 g/mol. The maximum Gasteiger partial charge on any atom is 0.262 e. The summed E-state index contributed by atoms with van der Waals surface area (Å²) in [7, 11) is 0. The fraction of sp³-hybridized carbons (Fsp3) is 0.276. The van der Waals surface area contributed by atoms with Crippen molar-refractivity contribution in [3.8, 4) is 0 Å².